The number of halogens is 1. The molecule has 1 atom stereocenters. The molecule has 1 aliphatic heterocycles. The van der Waals surface area contributed by atoms with Crippen molar-refractivity contribution in [2.75, 3.05) is 26.7 Å². The van der Waals surface area contributed by atoms with Gasteiger partial charge in [-0.05, 0) is 51.0 Å². The van der Waals surface area contributed by atoms with Gasteiger partial charge in [0.15, 0.2) is 0 Å². The standard InChI is InChI=1S/C17H22ClN3/c1-21(11-13-5-4-8-19-10-13)12-15-9-14-6-2-3-7-16(14)20-17(15)18/h2-3,6-7,9,13,19H,4-5,8,10-12H2,1H3. The molecule has 0 radical (unpaired) electrons. The summed E-state index contributed by atoms with van der Waals surface area (Å²) < 4.78 is 0. The number of para-hydroxylation sites is 1. The molecule has 4 heteroatoms. The Morgan fingerprint density at radius 1 is 1.38 bits per heavy atom. The van der Waals surface area contributed by atoms with Gasteiger partial charge >= 0.3 is 0 Å². The number of piperidine rings is 1. The van der Waals surface area contributed by atoms with Crippen LogP contribution in [0.2, 0.25) is 5.15 Å². The van der Waals surface area contributed by atoms with Crippen LogP contribution in [0, 0.1) is 5.92 Å². The van der Waals surface area contributed by atoms with E-state index in [4.69, 9.17) is 11.6 Å². The zero-order chi connectivity index (χ0) is 14.7. The number of rotatable bonds is 4. The molecule has 0 bridgehead atoms. The fraction of sp³-hybridized carbons (Fsp3) is 0.471. The summed E-state index contributed by atoms with van der Waals surface area (Å²) in [6.07, 6.45) is 2.61. The van der Waals surface area contributed by atoms with Crippen LogP contribution in [0.15, 0.2) is 30.3 Å². The van der Waals surface area contributed by atoms with Crippen molar-refractivity contribution in [3.63, 3.8) is 0 Å². The Hall–Kier alpha value is -1.16. The van der Waals surface area contributed by atoms with Gasteiger partial charge in [0.25, 0.3) is 0 Å². The van der Waals surface area contributed by atoms with E-state index in [0.29, 0.717) is 5.15 Å². The fourth-order valence-electron chi connectivity index (χ4n) is 3.12. The van der Waals surface area contributed by atoms with Crippen molar-refractivity contribution >= 4 is 22.5 Å². The second kappa shape index (κ2) is 6.73. The van der Waals surface area contributed by atoms with Gasteiger partial charge in [-0.25, -0.2) is 4.98 Å². The molecule has 1 unspecified atom stereocenters. The third-order valence-corrected chi connectivity index (χ3v) is 4.49. The molecule has 2 heterocycles. The maximum absolute atomic E-state index is 6.34. The Kier molecular flexibility index (Phi) is 4.73. The zero-order valence-electron chi connectivity index (χ0n) is 12.5. The molecular weight excluding hydrogens is 282 g/mol. The van der Waals surface area contributed by atoms with E-state index in [0.717, 1.165) is 42.0 Å². The number of benzene rings is 1. The number of hydrogen-bond acceptors (Lipinski definition) is 3. The summed E-state index contributed by atoms with van der Waals surface area (Å²) in [6.45, 7) is 4.26. The molecule has 1 N–H and O–H groups in total. The Balaban J connectivity index is 1.70. The molecule has 3 rings (SSSR count). The van der Waals surface area contributed by atoms with Crippen molar-refractivity contribution in [3.05, 3.63) is 41.0 Å². The molecule has 21 heavy (non-hydrogen) atoms. The van der Waals surface area contributed by atoms with Crippen molar-refractivity contribution < 1.29 is 0 Å². The summed E-state index contributed by atoms with van der Waals surface area (Å²) in [4.78, 5) is 6.86. The minimum absolute atomic E-state index is 0.627. The van der Waals surface area contributed by atoms with Crippen molar-refractivity contribution in [3.8, 4) is 0 Å². The van der Waals surface area contributed by atoms with Gasteiger partial charge in [0.1, 0.15) is 5.15 Å². The highest BCUT2D eigenvalue weighted by molar-refractivity contribution is 6.30. The summed E-state index contributed by atoms with van der Waals surface area (Å²) in [7, 11) is 2.17. The minimum Gasteiger partial charge on any atom is -0.316 e. The van der Waals surface area contributed by atoms with Crippen molar-refractivity contribution in [1.82, 2.24) is 15.2 Å². The van der Waals surface area contributed by atoms with Crippen molar-refractivity contribution in [2.45, 2.75) is 19.4 Å². The van der Waals surface area contributed by atoms with Crippen LogP contribution in [0.4, 0.5) is 0 Å². The van der Waals surface area contributed by atoms with Crippen LogP contribution in [0.3, 0.4) is 0 Å². The summed E-state index contributed by atoms with van der Waals surface area (Å²) in [5.41, 5.74) is 2.08. The van der Waals surface area contributed by atoms with Crippen LogP contribution in [0.1, 0.15) is 18.4 Å². The first kappa shape index (κ1) is 14.8. The average Bonchev–Trinajstić information content (AvgIpc) is 2.49. The van der Waals surface area contributed by atoms with Gasteiger partial charge in [-0.3, -0.25) is 0 Å². The lowest BCUT2D eigenvalue weighted by Crippen LogP contribution is -2.36. The number of pyridine rings is 1. The number of hydrogen-bond donors (Lipinski definition) is 1. The molecule has 0 saturated carbocycles. The first-order chi connectivity index (χ1) is 10.2. The zero-order valence-corrected chi connectivity index (χ0v) is 13.2. The summed E-state index contributed by atoms with van der Waals surface area (Å²) >= 11 is 6.34. The molecule has 1 saturated heterocycles. The molecule has 1 aliphatic rings. The molecule has 2 aromatic rings. The van der Waals surface area contributed by atoms with Crippen LogP contribution in [0.5, 0.6) is 0 Å². The van der Waals surface area contributed by atoms with E-state index >= 15 is 0 Å². The van der Waals surface area contributed by atoms with E-state index in [-0.39, 0.29) is 0 Å². The molecule has 1 fully saturated rings. The Labute approximate surface area is 131 Å². The predicted molar refractivity (Wildman–Crippen MR) is 88.7 cm³/mol. The van der Waals surface area contributed by atoms with E-state index in [1.165, 1.54) is 19.4 Å². The maximum Gasteiger partial charge on any atom is 0.134 e. The van der Waals surface area contributed by atoms with Crippen LogP contribution in [0.25, 0.3) is 10.9 Å². The van der Waals surface area contributed by atoms with Gasteiger partial charge in [-0.1, -0.05) is 29.8 Å². The summed E-state index contributed by atoms with van der Waals surface area (Å²) in [5.74, 6) is 0.746. The largest absolute Gasteiger partial charge is 0.316 e. The van der Waals surface area contributed by atoms with Gasteiger partial charge in [-0.15, -0.1) is 0 Å². The van der Waals surface area contributed by atoms with Crippen molar-refractivity contribution in [2.24, 2.45) is 5.92 Å². The Bertz CT molecular complexity index is 608. The first-order valence-corrected chi connectivity index (χ1v) is 8.03. The van der Waals surface area contributed by atoms with E-state index < -0.39 is 0 Å². The van der Waals surface area contributed by atoms with E-state index in [2.05, 4.69) is 34.4 Å². The van der Waals surface area contributed by atoms with Gasteiger partial charge in [0.2, 0.25) is 0 Å². The highest BCUT2D eigenvalue weighted by Gasteiger charge is 2.16. The van der Waals surface area contributed by atoms with Crippen LogP contribution in [-0.2, 0) is 6.54 Å². The van der Waals surface area contributed by atoms with Crippen LogP contribution in [-0.4, -0.2) is 36.6 Å². The fourth-order valence-corrected chi connectivity index (χ4v) is 3.33. The number of nitrogens with one attached hydrogen (secondary N) is 1. The third kappa shape index (κ3) is 3.73. The Morgan fingerprint density at radius 3 is 3.05 bits per heavy atom. The third-order valence-electron chi connectivity index (χ3n) is 4.16. The number of aromatic nitrogens is 1. The molecule has 1 aromatic carbocycles. The number of fused-ring (bicyclic) bond motifs is 1. The van der Waals surface area contributed by atoms with Crippen molar-refractivity contribution in [1.29, 1.82) is 0 Å². The second-order valence-electron chi connectivity index (χ2n) is 6.04. The second-order valence-corrected chi connectivity index (χ2v) is 6.40. The van der Waals surface area contributed by atoms with E-state index in [1.54, 1.807) is 0 Å². The lowest BCUT2D eigenvalue weighted by molar-refractivity contribution is 0.237. The molecular formula is C17H22ClN3. The van der Waals surface area contributed by atoms with Gasteiger partial charge in [-0.2, -0.15) is 0 Å². The smallest absolute Gasteiger partial charge is 0.134 e. The summed E-state index contributed by atoms with van der Waals surface area (Å²) in [6, 6.07) is 10.3. The normalized spacial score (nSPS) is 19.3. The minimum atomic E-state index is 0.627. The van der Waals surface area contributed by atoms with E-state index in [1.807, 2.05) is 18.2 Å². The quantitative estimate of drug-likeness (QED) is 0.878. The highest BCUT2D eigenvalue weighted by Crippen LogP contribution is 2.22. The molecule has 0 amide bonds. The highest BCUT2D eigenvalue weighted by atomic mass is 35.5. The molecule has 112 valence electrons. The van der Waals surface area contributed by atoms with Gasteiger partial charge in [0, 0.05) is 24.0 Å². The SMILES string of the molecule is CN(Cc1cc2ccccc2nc1Cl)CC1CCCNC1. The lowest BCUT2D eigenvalue weighted by atomic mass is 9.99. The molecule has 0 aliphatic carbocycles. The topological polar surface area (TPSA) is 28.2 Å². The predicted octanol–water partition coefficient (Wildman–Crippen LogP) is 3.32. The lowest BCUT2D eigenvalue weighted by Gasteiger charge is -2.27. The number of nitrogens with zero attached hydrogens (tertiary/aromatic N) is 2. The van der Waals surface area contributed by atoms with Crippen LogP contribution >= 0.6 is 11.6 Å². The summed E-state index contributed by atoms with van der Waals surface area (Å²) in [5, 5.41) is 5.26. The maximum atomic E-state index is 6.34. The van der Waals surface area contributed by atoms with E-state index in [9.17, 15) is 0 Å². The first-order valence-electron chi connectivity index (χ1n) is 7.66. The molecule has 3 nitrogen and oxygen atoms in total. The monoisotopic (exact) mass is 303 g/mol. The average molecular weight is 304 g/mol. The van der Waals surface area contributed by atoms with Gasteiger partial charge in [0.05, 0.1) is 5.52 Å². The molecule has 0 spiro atoms. The van der Waals surface area contributed by atoms with Crippen LogP contribution < -0.4 is 5.32 Å². The Morgan fingerprint density at radius 2 is 2.24 bits per heavy atom. The molecule has 1 aromatic heterocycles. The van der Waals surface area contributed by atoms with Gasteiger partial charge < -0.3 is 10.2 Å².